The summed E-state index contributed by atoms with van der Waals surface area (Å²) in [6, 6.07) is 0. The van der Waals surface area contributed by atoms with Gasteiger partial charge in [-0.3, -0.25) is 24.0 Å². The number of ether oxygens (including phenoxy) is 9. The normalized spacial score (nSPS) is 11.3. The largest absolute Gasteiger partial charge is 0.481 e. The van der Waals surface area contributed by atoms with Crippen molar-refractivity contribution < 1.29 is 71.7 Å². The molecule has 18 heteroatoms. The van der Waals surface area contributed by atoms with Gasteiger partial charge in [0.05, 0.1) is 112 Å². The van der Waals surface area contributed by atoms with Gasteiger partial charge in [-0.05, 0) is 39.5 Å². The molecular formula is C50H95N3O15. The van der Waals surface area contributed by atoms with Gasteiger partial charge in [0, 0.05) is 45.3 Å². The Morgan fingerprint density at radius 1 is 0.426 bits per heavy atom. The second-order valence-corrected chi connectivity index (χ2v) is 17.0. The molecule has 0 aromatic heterocycles. The molecule has 0 aromatic rings. The maximum absolute atomic E-state index is 13.2. The summed E-state index contributed by atoms with van der Waals surface area (Å²) in [6.45, 7) is 14.0. The minimum absolute atomic E-state index is 0.0372. The smallest absolute Gasteiger partial charge is 0.325 e. The van der Waals surface area contributed by atoms with Crippen LogP contribution in [-0.2, 0) is 66.6 Å². The van der Waals surface area contributed by atoms with Gasteiger partial charge in [0.25, 0.3) is 0 Å². The number of unbranched alkanes of at least 4 members (excludes halogenated alkanes) is 14. The molecule has 68 heavy (non-hydrogen) atoms. The molecule has 0 aliphatic heterocycles. The van der Waals surface area contributed by atoms with E-state index in [0.717, 1.165) is 64.3 Å². The van der Waals surface area contributed by atoms with E-state index in [1.165, 1.54) is 44.9 Å². The topological polar surface area (TPSA) is 216 Å². The Kier molecular flexibility index (Phi) is 49.6. The Hall–Kier alpha value is -2.97. The Morgan fingerprint density at radius 2 is 0.809 bits per heavy atom. The number of esters is 1. The summed E-state index contributed by atoms with van der Waals surface area (Å²) < 4.78 is 48.9. The van der Waals surface area contributed by atoms with E-state index in [9.17, 15) is 24.0 Å². The summed E-state index contributed by atoms with van der Waals surface area (Å²) in [4.78, 5) is 61.4. The zero-order chi connectivity index (χ0) is 49.8. The molecule has 3 N–H and O–H groups in total. The highest BCUT2D eigenvalue weighted by molar-refractivity contribution is 5.82. The van der Waals surface area contributed by atoms with Crippen LogP contribution in [0.3, 0.4) is 0 Å². The lowest BCUT2D eigenvalue weighted by Crippen LogP contribution is -2.34. The molecule has 0 aliphatic rings. The van der Waals surface area contributed by atoms with E-state index in [4.69, 9.17) is 47.7 Å². The van der Waals surface area contributed by atoms with Crippen molar-refractivity contribution in [3.63, 3.8) is 0 Å². The lowest BCUT2D eigenvalue weighted by Gasteiger charge is -2.23. The van der Waals surface area contributed by atoms with E-state index in [1.54, 1.807) is 13.8 Å². The molecule has 0 saturated heterocycles. The van der Waals surface area contributed by atoms with Crippen LogP contribution < -0.4 is 10.6 Å². The van der Waals surface area contributed by atoms with Crippen LogP contribution in [-0.4, -0.2) is 178 Å². The van der Waals surface area contributed by atoms with E-state index in [0.29, 0.717) is 131 Å². The number of carbonyl (C=O) groups is 5. The predicted molar refractivity (Wildman–Crippen MR) is 261 cm³/mol. The van der Waals surface area contributed by atoms with E-state index in [-0.39, 0.29) is 49.8 Å². The van der Waals surface area contributed by atoms with Crippen molar-refractivity contribution in [2.24, 2.45) is 0 Å². The fourth-order valence-electron chi connectivity index (χ4n) is 6.72. The number of carboxylic acids is 1. The molecule has 3 amide bonds. The molecule has 400 valence electrons. The van der Waals surface area contributed by atoms with E-state index < -0.39 is 11.9 Å². The van der Waals surface area contributed by atoms with Crippen LogP contribution in [0.1, 0.15) is 156 Å². The van der Waals surface area contributed by atoms with Crippen LogP contribution >= 0.6 is 0 Å². The van der Waals surface area contributed by atoms with E-state index in [1.807, 2.05) is 4.90 Å². The number of carbonyl (C=O) groups excluding carboxylic acids is 4. The number of rotatable bonds is 54. The van der Waals surface area contributed by atoms with Crippen LogP contribution in [0.2, 0.25) is 0 Å². The van der Waals surface area contributed by atoms with Crippen molar-refractivity contribution in [2.75, 3.05) is 132 Å². The highest BCUT2D eigenvalue weighted by Crippen LogP contribution is 2.13. The molecule has 0 fully saturated rings. The summed E-state index contributed by atoms with van der Waals surface area (Å²) >= 11 is 0. The monoisotopic (exact) mass is 978 g/mol. The molecular weight excluding hydrogens is 883 g/mol. The van der Waals surface area contributed by atoms with Crippen LogP contribution in [0.15, 0.2) is 0 Å². The first kappa shape index (κ1) is 65.0. The van der Waals surface area contributed by atoms with Crippen molar-refractivity contribution in [3.8, 4) is 0 Å². The lowest BCUT2D eigenvalue weighted by atomic mass is 10.1. The van der Waals surface area contributed by atoms with E-state index >= 15 is 0 Å². The second-order valence-electron chi connectivity index (χ2n) is 17.0. The molecule has 18 nitrogen and oxygen atoms in total. The fourth-order valence-corrected chi connectivity index (χ4v) is 6.72. The minimum Gasteiger partial charge on any atom is -0.481 e. The van der Waals surface area contributed by atoms with Crippen molar-refractivity contribution in [1.29, 1.82) is 0 Å². The fraction of sp³-hybridized carbons (Fsp3) is 0.900. The zero-order valence-electron chi connectivity index (χ0n) is 42.7. The highest BCUT2D eigenvalue weighted by Gasteiger charge is 2.14. The van der Waals surface area contributed by atoms with Gasteiger partial charge >= 0.3 is 11.9 Å². The minimum atomic E-state index is -0.732. The number of carboxylic acid groups (broad SMARTS) is 1. The summed E-state index contributed by atoms with van der Waals surface area (Å²) in [6.07, 6.45) is 19.5. The van der Waals surface area contributed by atoms with Gasteiger partial charge in [-0.15, -0.1) is 0 Å². The second kappa shape index (κ2) is 51.9. The first-order valence-corrected chi connectivity index (χ1v) is 26.0. The van der Waals surface area contributed by atoms with Gasteiger partial charge in [0.15, 0.2) is 0 Å². The maximum Gasteiger partial charge on any atom is 0.325 e. The average molecular weight is 978 g/mol. The number of hydrogen-bond donors (Lipinski definition) is 3. The van der Waals surface area contributed by atoms with Crippen LogP contribution in [0, 0.1) is 0 Å². The molecule has 0 rings (SSSR count). The van der Waals surface area contributed by atoms with Gasteiger partial charge in [-0.25, -0.2) is 0 Å². The summed E-state index contributed by atoms with van der Waals surface area (Å²) in [5.41, 5.74) is 0. The number of aliphatic carboxylic acids is 1. The van der Waals surface area contributed by atoms with Gasteiger partial charge in [-0.2, -0.15) is 0 Å². The molecule has 0 unspecified atom stereocenters. The SMILES string of the molecule is CCCCCCCCCCCN(CCCC(=O)NCCOCCOCCOCCOCCOCCOCCOCCOCCC(=O)NCC(=O)OC(C)C)C(=O)CCCCCCCCCC(=O)O. The van der Waals surface area contributed by atoms with Gasteiger partial charge in [0.2, 0.25) is 17.7 Å². The first-order valence-electron chi connectivity index (χ1n) is 26.0. The molecule has 0 saturated carbocycles. The van der Waals surface area contributed by atoms with Crippen molar-refractivity contribution >= 4 is 29.7 Å². The molecule has 0 radical (unpaired) electrons. The number of nitrogens with zero attached hydrogens (tertiary/aromatic N) is 1. The van der Waals surface area contributed by atoms with Crippen molar-refractivity contribution in [1.82, 2.24) is 15.5 Å². The van der Waals surface area contributed by atoms with Gasteiger partial charge in [-0.1, -0.05) is 90.4 Å². The predicted octanol–water partition coefficient (Wildman–Crippen LogP) is 6.43. The Labute approximate surface area is 409 Å². The van der Waals surface area contributed by atoms with Crippen LogP contribution in [0.5, 0.6) is 0 Å². The maximum atomic E-state index is 13.2. The summed E-state index contributed by atoms with van der Waals surface area (Å²) in [7, 11) is 0. The molecule has 0 aromatic carbocycles. The molecule has 0 bridgehead atoms. The third-order valence-electron chi connectivity index (χ3n) is 10.4. The van der Waals surface area contributed by atoms with Gasteiger partial charge < -0.3 is 63.3 Å². The zero-order valence-corrected chi connectivity index (χ0v) is 42.7. The average Bonchev–Trinajstić information content (AvgIpc) is 3.31. The summed E-state index contributed by atoms with van der Waals surface area (Å²) in [5, 5.41) is 14.2. The Morgan fingerprint density at radius 3 is 1.26 bits per heavy atom. The standard InChI is InChI=1S/C50H95N3O15/c1-4-5-6-7-8-9-13-16-19-26-53(48(56)22-17-14-11-10-12-15-18-23-49(57)58)27-20-21-46(54)51-25-29-61-31-33-63-35-37-65-39-41-67-43-42-66-40-38-64-36-34-62-32-30-60-28-24-47(55)52-44-50(59)68-45(2)3/h45H,4-44H2,1-3H3,(H,51,54)(H,52,55)(H,57,58). The number of hydrogen-bond acceptors (Lipinski definition) is 14. The van der Waals surface area contributed by atoms with Gasteiger partial charge in [0.1, 0.15) is 6.54 Å². The Balaban J connectivity index is 3.73. The third kappa shape index (κ3) is 50.9. The summed E-state index contributed by atoms with van der Waals surface area (Å²) in [5.74, 6) is -1.33. The van der Waals surface area contributed by atoms with E-state index in [2.05, 4.69) is 17.6 Å². The van der Waals surface area contributed by atoms with Crippen molar-refractivity contribution in [2.45, 2.75) is 162 Å². The van der Waals surface area contributed by atoms with Crippen LogP contribution in [0.25, 0.3) is 0 Å². The van der Waals surface area contributed by atoms with Crippen molar-refractivity contribution in [3.05, 3.63) is 0 Å². The van der Waals surface area contributed by atoms with Crippen LogP contribution in [0.4, 0.5) is 0 Å². The number of nitrogens with one attached hydrogen (secondary N) is 2. The lowest BCUT2D eigenvalue weighted by molar-refractivity contribution is -0.147. The first-order chi connectivity index (χ1) is 33.1. The molecule has 0 aliphatic carbocycles. The quantitative estimate of drug-likeness (QED) is 0.0442. The third-order valence-corrected chi connectivity index (χ3v) is 10.4. The highest BCUT2D eigenvalue weighted by atomic mass is 16.6. The molecule has 0 atom stereocenters. The molecule has 0 heterocycles. The Bertz CT molecular complexity index is 1180. The molecule has 0 spiro atoms. The number of amides is 3.